The van der Waals surface area contributed by atoms with E-state index < -0.39 is 0 Å². The van der Waals surface area contributed by atoms with Gasteiger partial charge in [0.25, 0.3) is 0 Å². The Hall–Kier alpha value is -4.40. The van der Waals surface area contributed by atoms with E-state index in [0.717, 1.165) is 6.42 Å². The van der Waals surface area contributed by atoms with Gasteiger partial charge in [0.2, 0.25) is 0 Å². The van der Waals surface area contributed by atoms with Gasteiger partial charge in [-0.15, -0.1) is 11.3 Å². The highest BCUT2D eigenvalue weighted by atomic mass is 32.1. The van der Waals surface area contributed by atoms with Gasteiger partial charge in [-0.25, -0.2) is 0 Å². The highest BCUT2D eigenvalue weighted by molar-refractivity contribution is 7.26. The number of nitrogens with zero attached hydrogens (tertiary/aromatic N) is 1. The largest absolute Gasteiger partial charge is 0.308 e. The lowest BCUT2D eigenvalue weighted by Crippen LogP contribution is -2.23. The van der Waals surface area contributed by atoms with Gasteiger partial charge in [0.1, 0.15) is 0 Å². The second kappa shape index (κ2) is 8.31. The Morgan fingerprint density at radius 2 is 1.49 bits per heavy atom. The Labute approximate surface area is 243 Å². The van der Waals surface area contributed by atoms with Gasteiger partial charge >= 0.3 is 0 Å². The summed E-state index contributed by atoms with van der Waals surface area (Å²) in [6.45, 7) is 4.87. The Bertz CT molecular complexity index is 2240. The highest BCUT2D eigenvalue weighted by Gasteiger charge is 2.43. The summed E-state index contributed by atoms with van der Waals surface area (Å²) in [6, 6.07) is 38.2. The van der Waals surface area contributed by atoms with Crippen molar-refractivity contribution in [3.63, 3.8) is 0 Å². The van der Waals surface area contributed by atoms with Crippen LogP contribution in [0.5, 0.6) is 0 Å². The van der Waals surface area contributed by atoms with E-state index in [2.05, 4.69) is 140 Å². The van der Waals surface area contributed by atoms with Crippen molar-refractivity contribution in [3.05, 3.63) is 132 Å². The molecule has 41 heavy (non-hydrogen) atoms. The van der Waals surface area contributed by atoms with Crippen LogP contribution >= 0.6 is 11.3 Å². The van der Waals surface area contributed by atoms with E-state index in [1.165, 1.54) is 75.5 Å². The van der Waals surface area contributed by atoms with Gasteiger partial charge in [-0.3, -0.25) is 0 Å². The molecule has 7 aromatic rings. The average Bonchev–Trinajstić information content (AvgIpc) is 3.64. The predicted octanol–water partition coefficient (Wildman–Crippen LogP) is 11.1. The van der Waals surface area contributed by atoms with Crippen LogP contribution in [0, 0.1) is 5.92 Å². The highest BCUT2D eigenvalue weighted by Crippen LogP contribution is 2.57. The van der Waals surface area contributed by atoms with Crippen molar-refractivity contribution < 1.29 is 0 Å². The molecule has 1 atom stereocenters. The van der Waals surface area contributed by atoms with Crippen LogP contribution in [-0.2, 0) is 5.41 Å². The third-order valence-electron chi connectivity index (χ3n) is 9.68. The van der Waals surface area contributed by atoms with Crippen LogP contribution in [0.1, 0.15) is 31.4 Å². The summed E-state index contributed by atoms with van der Waals surface area (Å²) in [5.41, 5.74) is 10.9. The molecule has 0 saturated heterocycles. The Morgan fingerprint density at radius 3 is 2.34 bits per heavy atom. The first-order valence-electron chi connectivity index (χ1n) is 14.6. The molecular formula is C39H29NS. The van der Waals surface area contributed by atoms with Crippen molar-refractivity contribution >= 4 is 58.9 Å². The van der Waals surface area contributed by atoms with E-state index in [1.54, 1.807) is 0 Å². The Balaban J connectivity index is 1.36. The van der Waals surface area contributed by atoms with E-state index in [4.69, 9.17) is 0 Å². The zero-order valence-corrected chi connectivity index (χ0v) is 24.0. The molecule has 0 saturated carbocycles. The number of hydrogen-bond acceptors (Lipinski definition) is 1. The number of rotatable bonds is 2. The maximum absolute atomic E-state index is 2.49. The lowest BCUT2D eigenvalue weighted by molar-refractivity contribution is 0.415. The maximum Gasteiger partial charge on any atom is 0.0719 e. The van der Waals surface area contributed by atoms with Crippen LogP contribution in [0.15, 0.2) is 121 Å². The molecule has 0 fully saturated rings. The summed E-state index contributed by atoms with van der Waals surface area (Å²) in [4.78, 5) is 0. The first-order chi connectivity index (χ1) is 20.1. The number of fused-ring (bicyclic) bond motifs is 11. The van der Waals surface area contributed by atoms with Crippen molar-refractivity contribution in [1.29, 1.82) is 0 Å². The zero-order valence-electron chi connectivity index (χ0n) is 23.2. The molecule has 196 valence electrons. The summed E-state index contributed by atoms with van der Waals surface area (Å²) in [5.74, 6) is 0.543. The molecular weight excluding hydrogens is 515 g/mol. The summed E-state index contributed by atoms with van der Waals surface area (Å²) < 4.78 is 5.25. The minimum Gasteiger partial charge on any atom is -0.308 e. The van der Waals surface area contributed by atoms with E-state index in [9.17, 15) is 0 Å². The van der Waals surface area contributed by atoms with Crippen LogP contribution in [0.2, 0.25) is 0 Å². The van der Waals surface area contributed by atoms with E-state index in [0.29, 0.717) is 5.92 Å². The fourth-order valence-corrected chi connectivity index (χ4v) is 8.92. The molecule has 2 aliphatic rings. The molecule has 0 radical (unpaired) electrons. The molecule has 0 unspecified atom stereocenters. The van der Waals surface area contributed by atoms with Crippen LogP contribution in [0.25, 0.3) is 64.4 Å². The SMILES string of the molecule is CC1(C)c2ccc3sc4c(ccc5c6ccccc6n(-c6ccc(-c7ccccc7)cc6)c54)c3c2C2=CC=CC[C@H]21. The van der Waals surface area contributed by atoms with Crippen molar-refractivity contribution in [3.8, 4) is 16.8 Å². The molecule has 0 spiro atoms. The van der Waals surface area contributed by atoms with Crippen molar-refractivity contribution in [2.75, 3.05) is 0 Å². The topological polar surface area (TPSA) is 4.93 Å². The van der Waals surface area contributed by atoms with Crippen molar-refractivity contribution in [2.45, 2.75) is 25.7 Å². The number of aromatic nitrogens is 1. The number of benzene rings is 5. The monoisotopic (exact) mass is 543 g/mol. The fourth-order valence-electron chi connectivity index (χ4n) is 7.67. The average molecular weight is 544 g/mol. The smallest absolute Gasteiger partial charge is 0.0719 e. The summed E-state index contributed by atoms with van der Waals surface area (Å²) in [6.07, 6.45) is 8.11. The fraction of sp³-hybridized carbons (Fsp3) is 0.128. The lowest BCUT2D eigenvalue weighted by atomic mass is 9.75. The van der Waals surface area contributed by atoms with Gasteiger partial charge in [0.05, 0.1) is 15.7 Å². The van der Waals surface area contributed by atoms with Gasteiger partial charge in [0, 0.05) is 31.9 Å². The standard InChI is InChI=1S/C39H29NS/c1-39(2)31-14-8-6-13-29(31)35-32(39)22-23-34-36(35)30-21-20-28-27-12-7-9-15-33(27)40(37(28)38(30)41-34)26-18-16-25(17-19-26)24-10-4-3-5-11-24/h3-13,15-23,31H,14H2,1-2H3/t31-/m1/s1. The molecule has 0 N–H and O–H groups in total. The molecule has 0 bridgehead atoms. The predicted molar refractivity (Wildman–Crippen MR) is 177 cm³/mol. The minimum absolute atomic E-state index is 0.133. The summed E-state index contributed by atoms with van der Waals surface area (Å²) in [5, 5.41) is 5.45. The lowest BCUT2D eigenvalue weighted by Gasteiger charge is -2.29. The van der Waals surface area contributed by atoms with E-state index in [1.807, 2.05) is 11.3 Å². The quantitative estimate of drug-likeness (QED) is 0.204. The zero-order chi connectivity index (χ0) is 27.3. The third-order valence-corrected chi connectivity index (χ3v) is 10.9. The van der Waals surface area contributed by atoms with Crippen molar-refractivity contribution in [2.24, 2.45) is 5.92 Å². The second-order valence-corrected chi connectivity index (χ2v) is 13.2. The number of allylic oxidation sites excluding steroid dienone is 4. The molecule has 0 aliphatic heterocycles. The molecule has 2 aromatic heterocycles. The first kappa shape index (κ1) is 23.3. The molecule has 5 aromatic carbocycles. The van der Waals surface area contributed by atoms with E-state index >= 15 is 0 Å². The summed E-state index contributed by atoms with van der Waals surface area (Å²) in [7, 11) is 0. The van der Waals surface area contributed by atoms with Crippen LogP contribution < -0.4 is 0 Å². The van der Waals surface area contributed by atoms with Crippen LogP contribution in [0.3, 0.4) is 0 Å². The minimum atomic E-state index is 0.133. The molecule has 2 aliphatic carbocycles. The van der Waals surface area contributed by atoms with Crippen LogP contribution in [0.4, 0.5) is 0 Å². The van der Waals surface area contributed by atoms with Gasteiger partial charge in [0.15, 0.2) is 0 Å². The second-order valence-electron chi connectivity index (χ2n) is 12.1. The third kappa shape index (κ3) is 3.11. The maximum atomic E-state index is 2.49. The van der Waals surface area contributed by atoms with E-state index in [-0.39, 0.29) is 5.41 Å². The number of para-hydroxylation sites is 1. The molecule has 0 amide bonds. The van der Waals surface area contributed by atoms with Crippen LogP contribution in [-0.4, -0.2) is 4.57 Å². The van der Waals surface area contributed by atoms with Crippen molar-refractivity contribution in [1.82, 2.24) is 4.57 Å². The normalized spacial score (nSPS) is 17.4. The van der Waals surface area contributed by atoms with Gasteiger partial charge in [-0.05, 0) is 69.8 Å². The van der Waals surface area contributed by atoms with Gasteiger partial charge in [-0.2, -0.15) is 0 Å². The molecule has 9 rings (SSSR count). The molecule has 2 heterocycles. The summed E-state index contributed by atoms with van der Waals surface area (Å²) >= 11 is 1.95. The molecule has 1 nitrogen and oxygen atoms in total. The molecule has 2 heteroatoms. The number of hydrogen-bond donors (Lipinski definition) is 0. The van der Waals surface area contributed by atoms with Gasteiger partial charge in [-0.1, -0.05) is 111 Å². The Kier molecular flexibility index (Phi) is 4.73. The first-order valence-corrected chi connectivity index (χ1v) is 15.4. The number of thiophene rings is 1. The Morgan fingerprint density at radius 1 is 0.732 bits per heavy atom. The van der Waals surface area contributed by atoms with Gasteiger partial charge < -0.3 is 4.57 Å².